The largest absolute Gasteiger partial charge is 0.329 e. The van der Waals surface area contributed by atoms with Crippen molar-refractivity contribution in [2.75, 3.05) is 0 Å². The van der Waals surface area contributed by atoms with E-state index in [-0.39, 0.29) is 11.6 Å². The van der Waals surface area contributed by atoms with E-state index in [1.807, 2.05) is 6.92 Å². The molecule has 0 aromatic carbocycles. The van der Waals surface area contributed by atoms with Gasteiger partial charge in [0.15, 0.2) is 0 Å². The minimum atomic E-state index is -0.0861. The monoisotopic (exact) mass is 152 g/mol. The summed E-state index contributed by atoms with van der Waals surface area (Å²) in [5, 5.41) is 0. The van der Waals surface area contributed by atoms with Crippen LogP contribution in [-0.4, -0.2) is 4.98 Å². The lowest BCUT2D eigenvalue weighted by atomic mass is 10.1. The highest BCUT2D eigenvalue weighted by atomic mass is 16.1. The first-order valence-corrected chi connectivity index (χ1v) is 3.68. The average Bonchev–Trinajstić information content (AvgIpc) is 2.05. The molecule has 3 nitrogen and oxygen atoms in total. The molecule has 1 rings (SSSR count). The molecule has 0 aliphatic carbocycles. The van der Waals surface area contributed by atoms with Crippen LogP contribution >= 0.6 is 0 Å². The minimum Gasteiger partial charge on any atom is -0.329 e. The lowest BCUT2D eigenvalue weighted by molar-refractivity contribution is 0.694. The number of hydrogen-bond donors (Lipinski definition) is 2. The quantitative estimate of drug-likeness (QED) is 0.658. The highest BCUT2D eigenvalue weighted by molar-refractivity contribution is 5.12. The maximum atomic E-state index is 10.6. The molecule has 0 saturated carbocycles. The zero-order valence-electron chi connectivity index (χ0n) is 6.50. The van der Waals surface area contributed by atoms with E-state index in [1.165, 1.54) is 6.07 Å². The molecule has 0 spiro atoms. The third-order valence-corrected chi connectivity index (χ3v) is 1.68. The highest BCUT2D eigenvalue weighted by Crippen LogP contribution is 2.09. The summed E-state index contributed by atoms with van der Waals surface area (Å²) in [6, 6.07) is 3.28. The fourth-order valence-corrected chi connectivity index (χ4v) is 0.889. The van der Waals surface area contributed by atoms with Crippen LogP contribution in [0.4, 0.5) is 0 Å². The molecule has 1 aromatic heterocycles. The molecule has 0 fully saturated rings. The van der Waals surface area contributed by atoms with Gasteiger partial charge in [-0.05, 0) is 12.0 Å². The van der Waals surface area contributed by atoms with Gasteiger partial charge >= 0.3 is 0 Å². The van der Waals surface area contributed by atoms with Crippen molar-refractivity contribution in [2.24, 2.45) is 5.73 Å². The molecule has 3 heteroatoms. The van der Waals surface area contributed by atoms with Crippen LogP contribution in [0, 0.1) is 0 Å². The number of hydrogen-bond acceptors (Lipinski definition) is 2. The van der Waals surface area contributed by atoms with E-state index in [9.17, 15) is 4.79 Å². The fourth-order valence-electron chi connectivity index (χ4n) is 0.889. The number of rotatable bonds is 2. The summed E-state index contributed by atoms with van der Waals surface area (Å²) in [7, 11) is 0. The Morgan fingerprint density at radius 2 is 2.36 bits per heavy atom. The fraction of sp³-hybridized carbons (Fsp3) is 0.375. The van der Waals surface area contributed by atoms with Gasteiger partial charge in [-0.3, -0.25) is 4.79 Å². The summed E-state index contributed by atoms with van der Waals surface area (Å²) in [5.41, 5.74) is 6.62. The number of nitrogens with two attached hydrogens (primary N) is 1. The molecule has 0 aliphatic heterocycles. The van der Waals surface area contributed by atoms with Gasteiger partial charge in [0.25, 0.3) is 0 Å². The molecule has 0 aliphatic rings. The molecule has 1 heterocycles. The van der Waals surface area contributed by atoms with Crippen LogP contribution in [0.15, 0.2) is 23.1 Å². The lowest BCUT2D eigenvalue weighted by Crippen LogP contribution is -2.11. The molecule has 0 amide bonds. The smallest absolute Gasteiger partial charge is 0.247 e. The average molecular weight is 152 g/mol. The van der Waals surface area contributed by atoms with Gasteiger partial charge in [-0.25, -0.2) is 0 Å². The third kappa shape index (κ3) is 1.91. The lowest BCUT2D eigenvalue weighted by Gasteiger charge is -2.06. The summed E-state index contributed by atoms with van der Waals surface area (Å²) in [6.07, 6.45) is 2.54. The minimum absolute atomic E-state index is 0.0341. The number of pyridine rings is 1. The van der Waals surface area contributed by atoms with Crippen molar-refractivity contribution < 1.29 is 0 Å². The van der Waals surface area contributed by atoms with E-state index in [4.69, 9.17) is 5.73 Å². The zero-order chi connectivity index (χ0) is 8.27. The van der Waals surface area contributed by atoms with E-state index in [0.717, 1.165) is 12.0 Å². The second kappa shape index (κ2) is 3.34. The molecule has 60 valence electrons. The van der Waals surface area contributed by atoms with E-state index in [2.05, 4.69) is 4.98 Å². The predicted molar refractivity (Wildman–Crippen MR) is 44.3 cm³/mol. The van der Waals surface area contributed by atoms with Crippen LogP contribution in [0.5, 0.6) is 0 Å². The first-order valence-electron chi connectivity index (χ1n) is 3.68. The maximum absolute atomic E-state index is 10.6. The van der Waals surface area contributed by atoms with Crippen LogP contribution in [0.3, 0.4) is 0 Å². The Hall–Kier alpha value is -1.09. The molecular formula is C8H12N2O. The van der Waals surface area contributed by atoms with Gasteiger partial charge in [-0.15, -0.1) is 0 Å². The van der Waals surface area contributed by atoms with Crippen LogP contribution in [0.25, 0.3) is 0 Å². The van der Waals surface area contributed by atoms with E-state index < -0.39 is 0 Å². The van der Waals surface area contributed by atoms with Crippen LogP contribution in [0.2, 0.25) is 0 Å². The van der Waals surface area contributed by atoms with Gasteiger partial charge in [0, 0.05) is 18.3 Å². The van der Waals surface area contributed by atoms with Gasteiger partial charge in [-0.1, -0.05) is 13.0 Å². The molecule has 0 radical (unpaired) electrons. The second-order valence-corrected chi connectivity index (χ2v) is 2.50. The topological polar surface area (TPSA) is 58.9 Å². The van der Waals surface area contributed by atoms with Crippen molar-refractivity contribution in [2.45, 2.75) is 19.4 Å². The van der Waals surface area contributed by atoms with Gasteiger partial charge in [-0.2, -0.15) is 0 Å². The Bertz CT molecular complexity index is 259. The standard InChI is InChI=1S/C8H12N2O/c1-2-7(9)6-3-4-8(11)10-5-6/h3-5,7H,2,9H2,1H3,(H,10,11). The molecule has 0 saturated heterocycles. The molecule has 0 bridgehead atoms. The molecule has 1 aromatic rings. The Morgan fingerprint density at radius 1 is 1.64 bits per heavy atom. The van der Waals surface area contributed by atoms with Gasteiger partial charge in [0.05, 0.1) is 0 Å². The van der Waals surface area contributed by atoms with Gasteiger partial charge in [0.1, 0.15) is 0 Å². The van der Waals surface area contributed by atoms with Crippen molar-refractivity contribution in [1.29, 1.82) is 0 Å². The molecule has 1 unspecified atom stereocenters. The van der Waals surface area contributed by atoms with E-state index >= 15 is 0 Å². The summed E-state index contributed by atoms with van der Waals surface area (Å²) >= 11 is 0. The third-order valence-electron chi connectivity index (χ3n) is 1.68. The van der Waals surface area contributed by atoms with Crippen molar-refractivity contribution >= 4 is 0 Å². The maximum Gasteiger partial charge on any atom is 0.247 e. The number of aromatic nitrogens is 1. The number of nitrogens with one attached hydrogen (secondary N) is 1. The van der Waals surface area contributed by atoms with Crippen LogP contribution < -0.4 is 11.3 Å². The molecule has 11 heavy (non-hydrogen) atoms. The van der Waals surface area contributed by atoms with Gasteiger partial charge < -0.3 is 10.7 Å². The first-order chi connectivity index (χ1) is 5.24. The summed E-state index contributed by atoms with van der Waals surface area (Å²) < 4.78 is 0. The van der Waals surface area contributed by atoms with Crippen molar-refractivity contribution in [1.82, 2.24) is 4.98 Å². The Morgan fingerprint density at radius 3 is 2.82 bits per heavy atom. The van der Waals surface area contributed by atoms with Crippen molar-refractivity contribution in [3.63, 3.8) is 0 Å². The first kappa shape index (κ1) is 8.01. The molecule has 3 N–H and O–H groups in total. The van der Waals surface area contributed by atoms with Gasteiger partial charge in [0.2, 0.25) is 5.56 Å². The van der Waals surface area contributed by atoms with E-state index in [1.54, 1.807) is 12.3 Å². The Balaban J connectivity index is 2.89. The SMILES string of the molecule is CCC(N)c1ccc(=O)[nH]c1. The highest BCUT2D eigenvalue weighted by Gasteiger charge is 2.00. The van der Waals surface area contributed by atoms with Crippen LogP contribution in [-0.2, 0) is 0 Å². The summed E-state index contributed by atoms with van der Waals surface area (Å²) in [5.74, 6) is 0. The number of H-pyrrole nitrogens is 1. The number of aromatic amines is 1. The zero-order valence-corrected chi connectivity index (χ0v) is 6.50. The molecular weight excluding hydrogens is 140 g/mol. The molecule has 1 atom stereocenters. The summed E-state index contributed by atoms with van der Waals surface area (Å²) in [6.45, 7) is 2.01. The predicted octanol–water partition coefficient (Wildman–Crippen LogP) is 0.785. The summed E-state index contributed by atoms with van der Waals surface area (Å²) in [4.78, 5) is 13.2. The second-order valence-electron chi connectivity index (χ2n) is 2.50. The van der Waals surface area contributed by atoms with Crippen LogP contribution in [0.1, 0.15) is 24.9 Å². The van der Waals surface area contributed by atoms with Crippen molar-refractivity contribution in [3.05, 3.63) is 34.2 Å². The van der Waals surface area contributed by atoms with E-state index in [0.29, 0.717) is 0 Å². The Kier molecular flexibility index (Phi) is 2.44. The Labute approximate surface area is 65.2 Å². The van der Waals surface area contributed by atoms with Crippen molar-refractivity contribution in [3.8, 4) is 0 Å². The normalized spacial score (nSPS) is 12.9.